The standard InChI is InChI=1S/C9H13NO2/c1-8(10-12-11)7-9-5-3-2-4-6-9/h2-6,8,10-11H,7H2,1H3. The van der Waals surface area contributed by atoms with Gasteiger partial charge < -0.3 is 0 Å². The van der Waals surface area contributed by atoms with E-state index < -0.39 is 0 Å². The summed E-state index contributed by atoms with van der Waals surface area (Å²) in [5, 5.41) is 8.10. The first-order chi connectivity index (χ1) is 5.83. The molecule has 0 heterocycles. The molecule has 0 spiro atoms. The number of hydrogen-bond donors (Lipinski definition) is 2. The molecule has 0 amide bonds. The van der Waals surface area contributed by atoms with Crippen molar-refractivity contribution in [3.8, 4) is 0 Å². The summed E-state index contributed by atoms with van der Waals surface area (Å²) in [4.78, 5) is 3.83. The molecule has 1 unspecified atom stereocenters. The van der Waals surface area contributed by atoms with Crippen LogP contribution in [0.1, 0.15) is 12.5 Å². The highest BCUT2D eigenvalue weighted by molar-refractivity contribution is 5.15. The van der Waals surface area contributed by atoms with Gasteiger partial charge in [0.1, 0.15) is 0 Å². The van der Waals surface area contributed by atoms with Gasteiger partial charge in [-0.3, -0.25) is 0 Å². The Bertz CT molecular complexity index is 213. The van der Waals surface area contributed by atoms with Crippen LogP contribution in [0.3, 0.4) is 0 Å². The number of benzene rings is 1. The maximum atomic E-state index is 8.10. The fourth-order valence-electron chi connectivity index (χ4n) is 1.10. The maximum Gasteiger partial charge on any atom is 0.0364 e. The second kappa shape index (κ2) is 4.87. The quantitative estimate of drug-likeness (QED) is 0.528. The molecule has 1 rings (SSSR count). The zero-order valence-corrected chi connectivity index (χ0v) is 7.03. The van der Waals surface area contributed by atoms with E-state index in [4.69, 9.17) is 5.26 Å². The summed E-state index contributed by atoms with van der Waals surface area (Å²) >= 11 is 0. The topological polar surface area (TPSA) is 41.5 Å². The van der Waals surface area contributed by atoms with Crippen LogP contribution in [0.25, 0.3) is 0 Å². The monoisotopic (exact) mass is 167 g/mol. The Morgan fingerprint density at radius 3 is 2.67 bits per heavy atom. The van der Waals surface area contributed by atoms with Crippen molar-refractivity contribution in [2.75, 3.05) is 0 Å². The summed E-state index contributed by atoms with van der Waals surface area (Å²) in [6.45, 7) is 1.93. The largest absolute Gasteiger partial charge is 0.233 e. The Morgan fingerprint density at radius 1 is 1.42 bits per heavy atom. The highest BCUT2D eigenvalue weighted by atomic mass is 17.2. The lowest BCUT2D eigenvalue weighted by atomic mass is 10.1. The van der Waals surface area contributed by atoms with Crippen molar-refractivity contribution in [1.29, 1.82) is 0 Å². The zero-order chi connectivity index (χ0) is 8.81. The molecule has 0 aliphatic carbocycles. The van der Waals surface area contributed by atoms with Crippen LogP contribution in [-0.2, 0) is 11.4 Å². The third kappa shape index (κ3) is 3.00. The van der Waals surface area contributed by atoms with Gasteiger partial charge in [-0.2, -0.15) is 5.48 Å². The fourth-order valence-corrected chi connectivity index (χ4v) is 1.10. The first-order valence-electron chi connectivity index (χ1n) is 3.93. The van der Waals surface area contributed by atoms with Gasteiger partial charge in [0.05, 0.1) is 0 Å². The maximum absolute atomic E-state index is 8.10. The average Bonchev–Trinajstić information content (AvgIpc) is 2.06. The third-order valence-electron chi connectivity index (χ3n) is 1.64. The predicted molar refractivity (Wildman–Crippen MR) is 46.5 cm³/mol. The van der Waals surface area contributed by atoms with Gasteiger partial charge in [-0.05, 0) is 18.9 Å². The van der Waals surface area contributed by atoms with Gasteiger partial charge in [-0.15, -0.1) is 4.99 Å². The minimum Gasteiger partial charge on any atom is -0.233 e. The van der Waals surface area contributed by atoms with E-state index >= 15 is 0 Å². The molecule has 2 N–H and O–H groups in total. The first kappa shape index (κ1) is 9.19. The van der Waals surface area contributed by atoms with Crippen molar-refractivity contribution >= 4 is 0 Å². The molecule has 1 aromatic carbocycles. The lowest BCUT2D eigenvalue weighted by molar-refractivity contribution is -0.298. The van der Waals surface area contributed by atoms with Gasteiger partial charge >= 0.3 is 0 Å². The number of rotatable bonds is 4. The molecule has 3 heteroatoms. The summed E-state index contributed by atoms with van der Waals surface area (Å²) in [7, 11) is 0. The minimum atomic E-state index is 0.109. The lowest BCUT2D eigenvalue weighted by Crippen LogP contribution is -2.26. The summed E-state index contributed by atoms with van der Waals surface area (Å²) < 4.78 is 0. The molecule has 0 saturated carbocycles. The average molecular weight is 167 g/mol. The lowest BCUT2D eigenvalue weighted by Gasteiger charge is -2.09. The Kier molecular flexibility index (Phi) is 3.73. The van der Waals surface area contributed by atoms with Crippen LogP contribution >= 0.6 is 0 Å². The molecule has 0 aliphatic rings. The van der Waals surface area contributed by atoms with Crippen LogP contribution in [-0.4, -0.2) is 11.3 Å². The highest BCUT2D eigenvalue weighted by Gasteiger charge is 2.01. The van der Waals surface area contributed by atoms with Gasteiger partial charge in [-0.1, -0.05) is 30.3 Å². The normalized spacial score (nSPS) is 12.8. The van der Waals surface area contributed by atoms with Crippen LogP contribution in [0.15, 0.2) is 30.3 Å². The van der Waals surface area contributed by atoms with E-state index in [2.05, 4.69) is 10.5 Å². The van der Waals surface area contributed by atoms with Crippen molar-refractivity contribution in [2.24, 2.45) is 0 Å². The van der Waals surface area contributed by atoms with E-state index in [1.165, 1.54) is 5.56 Å². The summed E-state index contributed by atoms with van der Waals surface area (Å²) in [6.07, 6.45) is 0.835. The van der Waals surface area contributed by atoms with Crippen molar-refractivity contribution in [3.63, 3.8) is 0 Å². The van der Waals surface area contributed by atoms with Crippen LogP contribution in [0.4, 0.5) is 0 Å². The molecule has 3 nitrogen and oxygen atoms in total. The van der Waals surface area contributed by atoms with Crippen LogP contribution in [0, 0.1) is 0 Å². The number of hydroxylamine groups is 1. The predicted octanol–water partition coefficient (Wildman–Crippen LogP) is 1.61. The van der Waals surface area contributed by atoms with E-state index in [0.29, 0.717) is 0 Å². The molecule has 1 atom stereocenters. The van der Waals surface area contributed by atoms with Gasteiger partial charge in [0.15, 0.2) is 0 Å². The molecule has 0 fully saturated rings. The summed E-state index contributed by atoms with van der Waals surface area (Å²) in [5.41, 5.74) is 3.67. The summed E-state index contributed by atoms with van der Waals surface area (Å²) in [6, 6.07) is 10.1. The molecular formula is C9H13NO2. The smallest absolute Gasteiger partial charge is 0.0364 e. The van der Waals surface area contributed by atoms with E-state index in [1.54, 1.807) is 0 Å². The fraction of sp³-hybridized carbons (Fsp3) is 0.333. The van der Waals surface area contributed by atoms with Gasteiger partial charge in [0.25, 0.3) is 0 Å². The molecule has 0 aliphatic heterocycles. The Balaban J connectivity index is 2.41. The molecule has 0 bridgehead atoms. The van der Waals surface area contributed by atoms with Crippen molar-refractivity contribution in [1.82, 2.24) is 5.48 Å². The highest BCUT2D eigenvalue weighted by Crippen LogP contribution is 2.01. The summed E-state index contributed by atoms with van der Waals surface area (Å²) in [5.74, 6) is 0. The van der Waals surface area contributed by atoms with Crippen LogP contribution < -0.4 is 5.48 Å². The molecule has 0 saturated heterocycles. The SMILES string of the molecule is CC(Cc1ccccc1)NOO. The second-order valence-electron chi connectivity index (χ2n) is 2.80. The van der Waals surface area contributed by atoms with Crippen LogP contribution in [0.5, 0.6) is 0 Å². The Hall–Kier alpha value is -0.900. The number of nitrogens with one attached hydrogen (secondary N) is 1. The zero-order valence-electron chi connectivity index (χ0n) is 7.03. The van der Waals surface area contributed by atoms with Gasteiger partial charge in [0, 0.05) is 6.04 Å². The van der Waals surface area contributed by atoms with Crippen molar-refractivity contribution in [3.05, 3.63) is 35.9 Å². The molecule has 1 aromatic rings. The second-order valence-corrected chi connectivity index (χ2v) is 2.80. The van der Waals surface area contributed by atoms with Crippen LogP contribution in [0.2, 0.25) is 0 Å². The Morgan fingerprint density at radius 2 is 2.08 bits per heavy atom. The van der Waals surface area contributed by atoms with E-state index in [1.807, 2.05) is 37.3 Å². The Labute approximate surface area is 71.9 Å². The van der Waals surface area contributed by atoms with E-state index in [-0.39, 0.29) is 6.04 Å². The molecule has 66 valence electrons. The minimum absolute atomic E-state index is 0.109. The molecule has 0 aromatic heterocycles. The molecular weight excluding hydrogens is 154 g/mol. The number of hydrogen-bond acceptors (Lipinski definition) is 3. The van der Waals surface area contributed by atoms with E-state index in [0.717, 1.165) is 6.42 Å². The first-order valence-corrected chi connectivity index (χ1v) is 3.93. The van der Waals surface area contributed by atoms with Gasteiger partial charge in [0.2, 0.25) is 0 Å². The van der Waals surface area contributed by atoms with Gasteiger partial charge in [-0.25, -0.2) is 5.26 Å². The molecule has 12 heavy (non-hydrogen) atoms. The molecule has 0 radical (unpaired) electrons. The van der Waals surface area contributed by atoms with E-state index in [9.17, 15) is 0 Å². The third-order valence-corrected chi connectivity index (χ3v) is 1.64. The van der Waals surface area contributed by atoms with Crippen molar-refractivity contribution in [2.45, 2.75) is 19.4 Å². The van der Waals surface area contributed by atoms with Crippen molar-refractivity contribution < 1.29 is 10.2 Å².